The van der Waals surface area contributed by atoms with Crippen molar-refractivity contribution in [2.75, 3.05) is 6.54 Å². The Hall–Kier alpha value is -2.77. The van der Waals surface area contributed by atoms with Crippen LogP contribution in [0.25, 0.3) is 0 Å². The summed E-state index contributed by atoms with van der Waals surface area (Å²) in [6.45, 7) is 3.68. The van der Waals surface area contributed by atoms with Gasteiger partial charge in [0.25, 0.3) is 10.1 Å². The van der Waals surface area contributed by atoms with Crippen LogP contribution in [-0.4, -0.2) is 60.0 Å². The van der Waals surface area contributed by atoms with Gasteiger partial charge < -0.3 is 25.8 Å². The van der Waals surface area contributed by atoms with Crippen molar-refractivity contribution in [1.29, 1.82) is 0 Å². The van der Waals surface area contributed by atoms with E-state index in [1.165, 1.54) is 18.2 Å². The lowest BCUT2D eigenvalue weighted by Crippen LogP contribution is -2.54. The summed E-state index contributed by atoms with van der Waals surface area (Å²) in [5, 5.41) is 17.4. The lowest BCUT2D eigenvalue weighted by Gasteiger charge is -2.27. The van der Waals surface area contributed by atoms with Crippen LogP contribution >= 0.6 is 0 Å². The molecule has 1 heterocycles. The first kappa shape index (κ1) is 27.5. The van der Waals surface area contributed by atoms with E-state index in [0.717, 1.165) is 0 Å². The second kappa shape index (κ2) is 12.1. The number of aliphatic hydroxyl groups is 1. The Balaban J connectivity index is 2.08. The van der Waals surface area contributed by atoms with Crippen molar-refractivity contribution >= 4 is 28.0 Å². The largest absolute Gasteiger partial charge is 0.445 e. The van der Waals surface area contributed by atoms with Crippen LogP contribution < -0.4 is 16.0 Å². The molecule has 0 radical (unpaired) electrons. The highest BCUT2D eigenvalue weighted by Gasteiger charge is 2.37. The number of carbonyl (C=O) groups excluding carboxylic acids is 3. The number of amides is 3. The topological polar surface area (TPSA) is 171 Å². The van der Waals surface area contributed by atoms with Crippen molar-refractivity contribution in [2.24, 2.45) is 11.8 Å². The van der Waals surface area contributed by atoms with Gasteiger partial charge in [-0.05, 0) is 42.9 Å². The number of aliphatic hydroxyl groups excluding tert-OH is 1. The second-order valence-corrected chi connectivity index (χ2v) is 10.1. The van der Waals surface area contributed by atoms with Gasteiger partial charge in [0, 0.05) is 12.5 Å². The maximum atomic E-state index is 13.3. The van der Waals surface area contributed by atoms with Gasteiger partial charge in [-0.3, -0.25) is 14.1 Å². The molecule has 3 amide bonds. The summed E-state index contributed by atoms with van der Waals surface area (Å²) in [6, 6.07) is 2.75. The van der Waals surface area contributed by atoms with E-state index in [2.05, 4.69) is 16.0 Å². The van der Waals surface area contributed by atoms with Gasteiger partial charge in [0.15, 0.2) is 0 Å². The van der Waals surface area contributed by atoms with Crippen LogP contribution in [0.15, 0.2) is 24.3 Å². The van der Waals surface area contributed by atoms with Crippen LogP contribution in [0.4, 0.5) is 9.18 Å². The van der Waals surface area contributed by atoms with Crippen LogP contribution in [-0.2, 0) is 31.1 Å². The van der Waals surface area contributed by atoms with Gasteiger partial charge in [0.2, 0.25) is 17.3 Å². The van der Waals surface area contributed by atoms with Gasteiger partial charge in [-0.15, -0.1) is 0 Å². The highest BCUT2D eigenvalue weighted by Crippen LogP contribution is 2.20. The van der Waals surface area contributed by atoms with E-state index in [0.29, 0.717) is 18.5 Å². The first-order valence-corrected chi connectivity index (χ1v) is 12.3. The lowest BCUT2D eigenvalue weighted by molar-refractivity contribution is -0.126. The Morgan fingerprint density at radius 2 is 2.00 bits per heavy atom. The molecule has 4 atom stereocenters. The van der Waals surface area contributed by atoms with Gasteiger partial charge in [0.05, 0.1) is 6.04 Å². The highest BCUT2D eigenvalue weighted by molar-refractivity contribution is 7.86. The summed E-state index contributed by atoms with van der Waals surface area (Å²) in [7, 11) is -4.95. The molecule has 0 bridgehead atoms. The van der Waals surface area contributed by atoms with Crippen molar-refractivity contribution in [3.05, 3.63) is 35.6 Å². The number of alkyl carbamates (subject to hydrolysis) is 1. The van der Waals surface area contributed by atoms with Crippen LogP contribution in [0.1, 0.15) is 38.7 Å². The molecule has 11 nitrogen and oxygen atoms in total. The fraction of sp³-hybridized carbons (Fsp3) is 0.571. The Bertz CT molecular complexity index is 988. The number of rotatable bonds is 11. The molecule has 1 aliphatic heterocycles. The molecule has 1 fully saturated rings. The third kappa shape index (κ3) is 8.54. The maximum Gasteiger partial charge on any atom is 0.408 e. The number of nitrogens with one attached hydrogen (secondary N) is 3. The molecule has 1 aromatic rings. The zero-order valence-electron chi connectivity index (χ0n) is 18.9. The van der Waals surface area contributed by atoms with Crippen molar-refractivity contribution in [3.63, 3.8) is 0 Å². The molecule has 190 valence electrons. The molecule has 0 aliphatic carbocycles. The van der Waals surface area contributed by atoms with Gasteiger partial charge in [-0.2, -0.15) is 8.42 Å². The van der Waals surface area contributed by atoms with Crippen molar-refractivity contribution in [1.82, 2.24) is 16.0 Å². The van der Waals surface area contributed by atoms with Crippen LogP contribution in [0.2, 0.25) is 0 Å². The summed E-state index contributed by atoms with van der Waals surface area (Å²) in [5.74, 6) is -2.45. The molecular formula is C21H30FN3O8S. The standard InChI is InChI=1S/C21H30FN3O8S/c1-12(2)8-16(25-21(29)33-11-13-4-3-5-15(22)9-13)19(27)24-17(20(28)34(30,31)32)10-14-6-7-23-18(14)26/h3-5,9,12,14,16-17,20,28H,6-8,10-11H2,1-2H3,(H,23,26)(H,24,27)(H,25,29)(H,30,31,32)/t14-,16-,17-,20+/m0/s1. The first-order chi connectivity index (χ1) is 15.9. The molecule has 0 aromatic heterocycles. The van der Waals surface area contributed by atoms with Crippen LogP contribution in [0, 0.1) is 17.7 Å². The Kier molecular flexibility index (Phi) is 9.77. The summed E-state index contributed by atoms with van der Waals surface area (Å²) in [6.07, 6.45) is -0.702. The molecule has 13 heteroatoms. The minimum atomic E-state index is -4.95. The van der Waals surface area contributed by atoms with Gasteiger partial charge >= 0.3 is 6.09 Å². The van der Waals surface area contributed by atoms with Crippen molar-refractivity contribution in [3.8, 4) is 0 Å². The molecule has 1 aliphatic rings. The van der Waals surface area contributed by atoms with Crippen molar-refractivity contribution < 1.29 is 41.6 Å². The predicted octanol–water partition coefficient (Wildman–Crippen LogP) is 0.684. The third-order valence-electron chi connectivity index (χ3n) is 5.25. The van der Waals surface area contributed by atoms with Crippen LogP contribution in [0.3, 0.4) is 0 Å². The lowest BCUT2D eigenvalue weighted by atomic mass is 9.97. The maximum absolute atomic E-state index is 13.3. The molecule has 1 aromatic carbocycles. The van der Waals surface area contributed by atoms with E-state index >= 15 is 0 Å². The molecular weight excluding hydrogens is 473 g/mol. The second-order valence-electron chi connectivity index (χ2n) is 8.57. The number of hydrogen-bond acceptors (Lipinski definition) is 7. The normalized spacial score (nSPS) is 18.6. The fourth-order valence-corrected chi connectivity index (χ4v) is 4.17. The van der Waals surface area contributed by atoms with E-state index in [4.69, 9.17) is 4.74 Å². The van der Waals surface area contributed by atoms with Gasteiger partial charge in [-0.25, -0.2) is 9.18 Å². The van der Waals surface area contributed by atoms with Gasteiger partial charge in [0.1, 0.15) is 18.5 Å². The molecule has 1 saturated heterocycles. The van der Waals surface area contributed by atoms with E-state index in [-0.39, 0.29) is 31.3 Å². The molecule has 0 saturated carbocycles. The van der Waals surface area contributed by atoms with Crippen molar-refractivity contribution in [2.45, 2.75) is 57.2 Å². The van der Waals surface area contributed by atoms with E-state index < -0.39 is 51.4 Å². The summed E-state index contributed by atoms with van der Waals surface area (Å²) >= 11 is 0. The molecule has 0 unspecified atom stereocenters. The minimum absolute atomic E-state index is 0.0789. The number of halogens is 1. The molecule has 34 heavy (non-hydrogen) atoms. The Morgan fingerprint density at radius 3 is 2.56 bits per heavy atom. The first-order valence-electron chi connectivity index (χ1n) is 10.8. The smallest absolute Gasteiger partial charge is 0.408 e. The zero-order chi connectivity index (χ0) is 25.5. The Labute approximate surface area is 197 Å². The molecule has 2 rings (SSSR count). The quantitative estimate of drug-likeness (QED) is 0.274. The number of hydrogen-bond donors (Lipinski definition) is 5. The van der Waals surface area contributed by atoms with E-state index in [9.17, 15) is 36.9 Å². The summed E-state index contributed by atoms with van der Waals surface area (Å²) in [4.78, 5) is 37.1. The fourth-order valence-electron chi connectivity index (χ4n) is 3.58. The minimum Gasteiger partial charge on any atom is -0.445 e. The highest BCUT2D eigenvalue weighted by atomic mass is 32.2. The average molecular weight is 504 g/mol. The van der Waals surface area contributed by atoms with E-state index in [1.54, 1.807) is 19.9 Å². The van der Waals surface area contributed by atoms with Gasteiger partial charge in [-0.1, -0.05) is 26.0 Å². The number of ether oxygens (including phenoxy) is 1. The summed E-state index contributed by atoms with van der Waals surface area (Å²) in [5.41, 5.74) is -1.98. The SMILES string of the molecule is CC(C)C[C@H](NC(=O)OCc1cccc(F)c1)C(=O)N[C@@H](C[C@@H]1CCNC1=O)[C@H](O)S(=O)(=O)O. The Morgan fingerprint density at radius 1 is 1.29 bits per heavy atom. The predicted molar refractivity (Wildman–Crippen MR) is 118 cm³/mol. The molecule has 0 spiro atoms. The third-order valence-corrected chi connectivity index (χ3v) is 6.19. The summed E-state index contributed by atoms with van der Waals surface area (Å²) < 4.78 is 50.6. The molecule has 5 N–H and O–H groups in total. The average Bonchev–Trinajstić information content (AvgIpc) is 3.14. The van der Waals surface area contributed by atoms with Crippen LogP contribution in [0.5, 0.6) is 0 Å². The zero-order valence-corrected chi connectivity index (χ0v) is 19.7. The van der Waals surface area contributed by atoms with E-state index in [1.807, 2.05) is 0 Å². The number of benzene rings is 1. The monoisotopic (exact) mass is 503 g/mol. The number of carbonyl (C=O) groups is 3.